The van der Waals surface area contributed by atoms with Crippen molar-refractivity contribution in [2.45, 2.75) is 72.0 Å². The largest absolute Gasteiger partial charge is 0.357 e. The molecule has 0 radical (unpaired) electrons. The van der Waals surface area contributed by atoms with Gasteiger partial charge in [0.05, 0.1) is 6.54 Å². The van der Waals surface area contributed by atoms with Crippen molar-refractivity contribution in [3.8, 4) is 0 Å². The molecule has 1 saturated heterocycles. The maximum atomic E-state index is 4.77. The van der Waals surface area contributed by atoms with Crippen LogP contribution in [0.2, 0.25) is 0 Å². The standard InChI is InChI=1S/C18H39N5/c1-7-19-18(21-14-17-10-8-12-22(17)6)20-11-9-13-23(15(2)3)16(4)5/h15-17H,7-14H2,1-6H3,(H2,19,20,21). The second-order valence-electron chi connectivity index (χ2n) is 7.20. The second kappa shape index (κ2) is 10.9. The Labute approximate surface area is 143 Å². The molecule has 5 nitrogen and oxygen atoms in total. The average Bonchev–Trinajstić information content (AvgIpc) is 2.88. The van der Waals surface area contributed by atoms with Crippen molar-refractivity contribution < 1.29 is 0 Å². The summed E-state index contributed by atoms with van der Waals surface area (Å²) in [6.07, 6.45) is 3.72. The van der Waals surface area contributed by atoms with Gasteiger partial charge in [0, 0.05) is 37.8 Å². The van der Waals surface area contributed by atoms with Crippen molar-refractivity contribution in [3.63, 3.8) is 0 Å². The van der Waals surface area contributed by atoms with Gasteiger partial charge in [0.1, 0.15) is 0 Å². The molecule has 0 spiro atoms. The van der Waals surface area contributed by atoms with Crippen LogP contribution in [0.15, 0.2) is 4.99 Å². The number of hydrogen-bond acceptors (Lipinski definition) is 3. The monoisotopic (exact) mass is 325 g/mol. The molecule has 1 rings (SSSR count). The number of aliphatic imine (C=N–C) groups is 1. The zero-order valence-corrected chi connectivity index (χ0v) is 16.2. The summed E-state index contributed by atoms with van der Waals surface area (Å²) in [6.45, 7) is 16.4. The topological polar surface area (TPSA) is 42.9 Å². The van der Waals surface area contributed by atoms with Crippen LogP contribution in [0.4, 0.5) is 0 Å². The molecule has 0 aliphatic carbocycles. The van der Waals surface area contributed by atoms with E-state index in [0.717, 1.165) is 38.6 Å². The van der Waals surface area contributed by atoms with Crippen LogP contribution in [0.25, 0.3) is 0 Å². The van der Waals surface area contributed by atoms with Crippen molar-refractivity contribution in [2.75, 3.05) is 39.8 Å². The molecule has 0 saturated carbocycles. The molecular weight excluding hydrogens is 286 g/mol. The Morgan fingerprint density at radius 1 is 1.22 bits per heavy atom. The molecule has 2 N–H and O–H groups in total. The van der Waals surface area contributed by atoms with Gasteiger partial charge in [-0.05, 0) is 67.5 Å². The van der Waals surface area contributed by atoms with Crippen LogP contribution >= 0.6 is 0 Å². The Bertz CT molecular complexity index is 332. The third-order valence-corrected chi connectivity index (χ3v) is 4.69. The smallest absolute Gasteiger partial charge is 0.191 e. The maximum absolute atomic E-state index is 4.77. The van der Waals surface area contributed by atoms with Gasteiger partial charge in [-0.3, -0.25) is 9.89 Å². The number of likely N-dealkylation sites (N-methyl/N-ethyl adjacent to an activating group) is 1. The van der Waals surface area contributed by atoms with E-state index in [1.54, 1.807) is 0 Å². The first-order valence-electron chi connectivity index (χ1n) is 9.43. The summed E-state index contributed by atoms with van der Waals surface area (Å²) in [5.74, 6) is 0.966. The Hall–Kier alpha value is -0.810. The lowest BCUT2D eigenvalue weighted by atomic mass is 10.2. The summed E-state index contributed by atoms with van der Waals surface area (Å²) in [4.78, 5) is 9.74. The van der Waals surface area contributed by atoms with Gasteiger partial charge in [-0.15, -0.1) is 0 Å². The van der Waals surface area contributed by atoms with E-state index in [9.17, 15) is 0 Å². The molecular formula is C18H39N5. The lowest BCUT2D eigenvalue weighted by Gasteiger charge is -2.30. The molecule has 0 aromatic rings. The van der Waals surface area contributed by atoms with Crippen LogP contribution in [0.5, 0.6) is 0 Å². The quantitative estimate of drug-likeness (QED) is 0.387. The molecule has 1 unspecified atom stereocenters. The molecule has 23 heavy (non-hydrogen) atoms. The summed E-state index contributed by atoms with van der Waals surface area (Å²) < 4.78 is 0. The van der Waals surface area contributed by atoms with Crippen LogP contribution in [-0.2, 0) is 0 Å². The lowest BCUT2D eigenvalue weighted by molar-refractivity contribution is 0.173. The normalized spacial score (nSPS) is 20.0. The van der Waals surface area contributed by atoms with E-state index in [1.165, 1.54) is 19.4 Å². The minimum atomic E-state index is 0.606. The van der Waals surface area contributed by atoms with E-state index in [4.69, 9.17) is 4.99 Å². The number of nitrogens with one attached hydrogen (secondary N) is 2. The molecule has 0 amide bonds. The van der Waals surface area contributed by atoms with Crippen molar-refractivity contribution in [1.29, 1.82) is 0 Å². The summed E-state index contributed by atoms with van der Waals surface area (Å²) in [5.41, 5.74) is 0. The van der Waals surface area contributed by atoms with Gasteiger partial charge in [-0.25, -0.2) is 0 Å². The van der Waals surface area contributed by atoms with Crippen LogP contribution in [0.1, 0.15) is 53.9 Å². The Morgan fingerprint density at radius 2 is 1.91 bits per heavy atom. The van der Waals surface area contributed by atoms with E-state index in [1.807, 2.05) is 0 Å². The van der Waals surface area contributed by atoms with Crippen molar-refractivity contribution in [1.82, 2.24) is 20.4 Å². The minimum absolute atomic E-state index is 0.606. The zero-order valence-electron chi connectivity index (χ0n) is 16.2. The zero-order chi connectivity index (χ0) is 17.2. The molecule has 136 valence electrons. The van der Waals surface area contributed by atoms with Crippen LogP contribution in [-0.4, -0.2) is 73.7 Å². The molecule has 1 fully saturated rings. The van der Waals surface area contributed by atoms with Gasteiger partial charge in [0.25, 0.3) is 0 Å². The highest BCUT2D eigenvalue weighted by Crippen LogP contribution is 2.14. The van der Waals surface area contributed by atoms with Gasteiger partial charge in [0.2, 0.25) is 0 Å². The van der Waals surface area contributed by atoms with E-state index in [2.05, 4.69) is 62.1 Å². The minimum Gasteiger partial charge on any atom is -0.357 e. The van der Waals surface area contributed by atoms with Crippen LogP contribution in [0.3, 0.4) is 0 Å². The Morgan fingerprint density at radius 3 is 2.43 bits per heavy atom. The highest BCUT2D eigenvalue weighted by molar-refractivity contribution is 5.79. The first kappa shape index (κ1) is 20.2. The van der Waals surface area contributed by atoms with E-state index < -0.39 is 0 Å². The number of hydrogen-bond donors (Lipinski definition) is 2. The molecule has 5 heteroatoms. The SMILES string of the molecule is CCNC(=NCC1CCCN1C)NCCCN(C(C)C)C(C)C. The van der Waals surface area contributed by atoms with Crippen LogP contribution in [0, 0.1) is 0 Å². The predicted molar refractivity (Wildman–Crippen MR) is 101 cm³/mol. The highest BCUT2D eigenvalue weighted by atomic mass is 15.2. The third-order valence-electron chi connectivity index (χ3n) is 4.69. The molecule has 1 aliphatic rings. The van der Waals surface area contributed by atoms with E-state index in [-0.39, 0.29) is 0 Å². The molecule has 0 bridgehead atoms. The van der Waals surface area contributed by atoms with E-state index in [0.29, 0.717) is 18.1 Å². The summed E-state index contributed by atoms with van der Waals surface area (Å²) in [6, 6.07) is 1.83. The third kappa shape index (κ3) is 7.53. The van der Waals surface area contributed by atoms with Gasteiger partial charge >= 0.3 is 0 Å². The number of guanidine groups is 1. The fourth-order valence-corrected chi connectivity index (χ4v) is 3.33. The Kier molecular flexibility index (Phi) is 9.56. The average molecular weight is 326 g/mol. The highest BCUT2D eigenvalue weighted by Gasteiger charge is 2.20. The van der Waals surface area contributed by atoms with Gasteiger partial charge < -0.3 is 15.5 Å². The summed E-state index contributed by atoms with van der Waals surface area (Å²) in [5, 5.41) is 6.85. The Balaban J connectivity index is 2.34. The van der Waals surface area contributed by atoms with Crippen molar-refractivity contribution >= 4 is 5.96 Å². The molecule has 1 aliphatic heterocycles. The fraction of sp³-hybridized carbons (Fsp3) is 0.944. The molecule has 0 aromatic heterocycles. The number of rotatable bonds is 9. The number of likely N-dealkylation sites (tertiary alicyclic amines) is 1. The van der Waals surface area contributed by atoms with Gasteiger partial charge in [-0.2, -0.15) is 0 Å². The lowest BCUT2D eigenvalue weighted by Crippen LogP contribution is -2.42. The molecule has 1 heterocycles. The van der Waals surface area contributed by atoms with Gasteiger partial charge in [-0.1, -0.05) is 0 Å². The summed E-state index contributed by atoms with van der Waals surface area (Å²) in [7, 11) is 2.21. The fourth-order valence-electron chi connectivity index (χ4n) is 3.33. The summed E-state index contributed by atoms with van der Waals surface area (Å²) >= 11 is 0. The van der Waals surface area contributed by atoms with Crippen LogP contribution < -0.4 is 10.6 Å². The predicted octanol–water partition coefficient (Wildman–Crippen LogP) is 2.14. The molecule has 1 atom stereocenters. The first-order chi connectivity index (χ1) is 11.0. The van der Waals surface area contributed by atoms with Gasteiger partial charge in [0.15, 0.2) is 5.96 Å². The maximum Gasteiger partial charge on any atom is 0.191 e. The first-order valence-corrected chi connectivity index (χ1v) is 9.43. The second-order valence-corrected chi connectivity index (χ2v) is 7.20. The van der Waals surface area contributed by atoms with Crippen molar-refractivity contribution in [2.24, 2.45) is 4.99 Å². The number of nitrogens with zero attached hydrogens (tertiary/aromatic N) is 3. The van der Waals surface area contributed by atoms with E-state index >= 15 is 0 Å². The molecule has 0 aromatic carbocycles. The van der Waals surface area contributed by atoms with Crippen molar-refractivity contribution in [3.05, 3.63) is 0 Å².